The first-order valence-electron chi connectivity index (χ1n) is 10.8. The largest absolute Gasteiger partial charge is 0.465 e. The molecule has 2 aliphatic rings. The van der Waals surface area contributed by atoms with Crippen molar-refractivity contribution in [3.63, 3.8) is 0 Å². The van der Waals surface area contributed by atoms with Crippen LogP contribution in [0.25, 0.3) is 10.6 Å². The first kappa shape index (κ1) is 21.0. The number of carbonyl (C=O) groups is 2. The zero-order valence-corrected chi connectivity index (χ0v) is 18.3. The van der Waals surface area contributed by atoms with Gasteiger partial charge in [0.15, 0.2) is 0 Å². The van der Waals surface area contributed by atoms with E-state index in [-0.39, 0.29) is 5.97 Å². The molecule has 0 spiro atoms. The van der Waals surface area contributed by atoms with Crippen LogP contribution in [0.1, 0.15) is 48.2 Å². The fraction of sp³-hybridized carbons (Fsp3) is 0.522. The molecule has 1 amide bonds. The molecule has 0 radical (unpaired) electrons. The number of rotatable bonds is 6. The molecule has 1 aromatic carbocycles. The Kier molecular flexibility index (Phi) is 6.79. The highest BCUT2D eigenvalue weighted by Gasteiger charge is 2.25. The van der Waals surface area contributed by atoms with Gasteiger partial charge in [-0.05, 0) is 30.9 Å². The molecule has 1 saturated heterocycles. The number of amides is 1. The summed E-state index contributed by atoms with van der Waals surface area (Å²) in [5, 5.41) is 3.05. The molecule has 0 unspecified atom stereocenters. The van der Waals surface area contributed by atoms with Crippen molar-refractivity contribution in [1.82, 2.24) is 14.8 Å². The van der Waals surface area contributed by atoms with E-state index >= 15 is 0 Å². The normalized spacial score (nSPS) is 18.0. The molecule has 7 heteroatoms. The fourth-order valence-electron chi connectivity index (χ4n) is 4.35. The van der Waals surface area contributed by atoms with Crippen molar-refractivity contribution in [3.05, 3.63) is 40.9 Å². The smallest absolute Gasteiger partial charge is 0.337 e. The molecule has 1 aromatic heterocycles. The van der Waals surface area contributed by atoms with Gasteiger partial charge in [0, 0.05) is 50.1 Å². The molecule has 1 saturated carbocycles. The Labute approximate surface area is 181 Å². The average Bonchev–Trinajstić information content (AvgIpc) is 3.46. The molecular formula is C23H29N3O3S. The Balaban J connectivity index is 1.27. The van der Waals surface area contributed by atoms with Gasteiger partial charge in [0.2, 0.25) is 5.91 Å². The van der Waals surface area contributed by atoms with Crippen LogP contribution in [0.2, 0.25) is 0 Å². The topological polar surface area (TPSA) is 62.7 Å². The summed E-state index contributed by atoms with van der Waals surface area (Å²) in [6.45, 7) is 4.24. The van der Waals surface area contributed by atoms with Crippen molar-refractivity contribution in [2.75, 3.05) is 33.3 Å². The fourth-order valence-corrected chi connectivity index (χ4v) is 5.17. The summed E-state index contributed by atoms with van der Waals surface area (Å²) in [6, 6.07) is 7.35. The van der Waals surface area contributed by atoms with E-state index in [1.807, 2.05) is 17.0 Å². The van der Waals surface area contributed by atoms with Crippen LogP contribution in [0.15, 0.2) is 29.6 Å². The lowest BCUT2D eigenvalue weighted by atomic mass is 10.0. The van der Waals surface area contributed by atoms with E-state index in [0.29, 0.717) is 17.4 Å². The SMILES string of the molecule is COC(=O)c1ccc(-c2nc(CN3CCN(C(=O)CC4CCCC4)CC3)cs2)cc1. The van der Waals surface area contributed by atoms with Crippen LogP contribution in [0.4, 0.5) is 0 Å². The molecule has 1 aliphatic heterocycles. The molecule has 2 fully saturated rings. The number of aromatic nitrogens is 1. The summed E-state index contributed by atoms with van der Waals surface area (Å²) < 4.78 is 4.74. The summed E-state index contributed by atoms with van der Waals surface area (Å²) in [5.74, 6) is 0.626. The van der Waals surface area contributed by atoms with Crippen LogP contribution in [-0.4, -0.2) is 59.9 Å². The zero-order valence-electron chi connectivity index (χ0n) is 17.5. The molecule has 4 rings (SSSR count). The van der Waals surface area contributed by atoms with E-state index < -0.39 is 0 Å². The molecule has 2 aromatic rings. The lowest BCUT2D eigenvalue weighted by molar-refractivity contribution is -0.134. The molecule has 1 aliphatic carbocycles. The van der Waals surface area contributed by atoms with Crippen molar-refractivity contribution in [3.8, 4) is 10.6 Å². The number of methoxy groups -OCH3 is 1. The predicted molar refractivity (Wildman–Crippen MR) is 117 cm³/mol. The number of esters is 1. The molecule has 0 N–H and O–H groups in total. The summed E-state index contributed by atoms with van der Waals surface area (Å²) in [7, 11) is 1.38. The van der Waals surface area contributed by atoms with Crippen molar-refractivity contribution in [2.24, 2.45) is 5.92 Å². The van der Waals surface area contributed by atoms with Crippen LogP contribution in [0.5, 0.6) is 0 Å². The van der Waals surface area contributed by atoms with Crippen LogP contribution in [-0.2, 0) is 16.1 Å². The van der Waals surface area contributed by atoms with Gasteiger partial charge in [-0.25, -0.2) is 9.78 Å². The Morgan fingerprint density at radius 1 is 1.10 bits per heavy atom. The third-order valence-corrected chi connectivity index (χ3v) is 7.09. The minimum atomic E-state index is -0.331. The number of ether oxygens (including phenoxy) is 1. The Hall–Kier alpha value is -2.25. The highest BCUT2D eigenvalue weighted by Crippen LogP contribution is 2.28. The summed E-state index contributed by atoms with van der Waals surface area (Å²) in [4.78, 5) is 33.3. The van der Waals surface area contributed by atoms with Gasteiger partial charge in [0.05, 0.1) is 18.4 Å². The van der Waals surface area contributed by atoms with Gasteiger partial charge >= 0.3 is 5.97 Å². The molecule has 6 nitrogen and oxygen atoms in total. The number of carbonyl (C=O) groups excluding carboxylic acids is 2. The molecule has 160 valence electrons. The minimum Gasteiger partial charge on any atom is -0.465 e. The number of thiazole rings is 1. The Bertz CT molecular complexity index is 866. The molecule has 0 bridgehead atoms. The molecular weight excluding hydrogens is 398 g/mol. The van der Waals surface area contributed by atoms with Gasteiger partial charge < -0.3 is 9.64 Å². The van der Waals surface area contributed by atoms with Gasteiger partial charge in [-0.3, -0.25) is 9.69 Å². The lowest BCUT2D eigenvalue weighted by Crippen LogP contribution is -2.48. The van der Waals surface area contributed by atoms with Gasteiger partial charge in [0.1, 0.15) is 5.01 Å². The average molecular weight is 428 g/mol. The number of piperazine rings is 1. The number of nitrogens with zero attached hydrogens (tertiary/aromatic N) is 3. The van der Waals surface area contributed by atoms with Gasteiger partial charge in [-0.1, -0.05) is 25.0 Å². The van der Waals surface area contributed by atoms with Crippen LogP contribution in [0, 0.1) is 5.92 Å². The maximum absolute atomic E-state index is 12.5. The predicted octanol–water partition coefficient (Wildman–Crippen LogP) is 3.82. The summed E-state index contributed by atoms with van der Waals surface area (Å²) in [5.41, 5.74) is 2.59. The maximum Gasteiger partial charge on any atom is 0.337 e. The first-order valence-corrected chi connectivity index (χ1v) is 11.6. The highest BCUT2D eigenvalue weighted by atomic mass is 32.1. The summed E-state index contributed by atoms with van der Waals surface area (Å²) in [6.07, 6.45) is 5.77. The van der Waals surface area contributed by atoms with Crippen molar-refractivity contribution < 1.29 is 14.3 Å². The second-order valence-corrected chi connectivity index (χ2v) is 9.08. The van der Waals surface area contributed by atoms with E-state index in [1.54, 1.807) is 23.5 Å². The maximum atomic E-state index is 12.5. The number of benzene rings is 1. The van der Waals surface area contributed by atoms with Crippen molar-refractivity contribution in [1.29, 1.82) is 0 Å². The van der Waals surface area contributed by atoms with Gasteiger partial charge in [-0.15, -0.1) is 11.3 Å². The minimum absolute atomic E-state index is 0.331. The molecule has 0 atom stereocenters. The monoisotopic (exact) mass is 427 g/mol. The third kappa shape index (κ3) is 5.08. The Morgan fingerprint density at radius 3 is 2.47 bits per heavy atom. The van der Waals surface area contributed by atoms with E-state index in [0.717, 1.165) is 55.4 Å². The van der Waals surface area contributed by atoms with Crippen molar-refractivity contribution in [2.45, 2.75) is 38.6 Å². The third-order valence-electron chi connectivity index (χ3n) is 6.15. The second kappa shape index (κ2) is 9.71. The summed E-state index contributed by atoms with van der Waals surface area (Å²) >= 11 is 1.62. The first-order chi connectivity index (χ1) is 14.6. The lowest BCUT2D eigenvalue weighted by Gasteiger charge is -2.34. The molecule has 30 heavy (non-hydrogen) atoms. The van der Waals surface area contributed by atoms with E-state index in [4.69, 9.17) is 9.72 Å². The standard InChI is InChI=1S/C23H29N3O3S/c1-29-23(28)19-8-6-18(7-9-19)22-24-20(16-30-22)15-25-10-12-26(13-11-25)21(27)14-17-4-2-3-5-17/h6-9,16-17H,2-5,10-15H2,1H3. The van der Waals surface area contributed by atoms with E-state index in [1.165, 1.54) is 32.8 Å². The Morgan fingerprint density at radius 2 is 1.80 bits per heavy atom. The quantitative estimate of drug-likeness (QED) is 0.656. The van der Waals surface area contributed by atoms with Crippen molar-refractivity contribution >= 4 is 23.2 Å². The van der Waals surface area contributed by atoms with E-state index in [9.17, 15) is 9.59 Å². The van der Waals surface area contributed by atoms with Gasteiger partial charge in [-0.2, -0.15) is 0 Å². The van der Waals surface area contributed by atoms with E-state index in [2.05, 4.69) is 10.3 Å². The molecule has 2 heterocycles. The highest BCUT2D eigenvalue weighted by molar-refractivity contribution is 7.13. The second-order valence-electron chi connectivity index (χ2n) is 8.22. The van der Waals surface area contributed by atoms with Gasteiger partial charge in [0.25, 0.3) is 0 Å². The van der Waals surface area contributed by atoms with Crippen LogP contribution in [0.3, 0.4) is 0 Å². The number of hydrogen-bond donors (Lipinski definition) is 0. The zero-order chi connectivity index (χ0) is 20.9. The van der Waals surface area contributed by atoms with Crippen LogP contribution < -0.4 is 0 Å². The number of hydrogen-bond acceptors (Lipinski definition) is 6. The van der Waals surface area contributed by atoms with Crippen LogP contribution >= 0.6 is 11.3 Å².